The lowest BCUT2D eigenvalue weighted by Gasteiger charge is -2.25. The molecular formula is C14H26N2OS. The second-order valence-corrected chi connectivity index (χ2v) is 6.73. The average Bonchev–Trinajstić information content (AvgIpc) is 3.06. The normalized spacial score (nSPS) is 26.3. The SMILES string of the molecule is CCC1(CC)CSC(=NCC2(CCOC)CC2)N1. The molecule has 0 aromatic carbocycles. The highest BCUT2D eigenvalue weighted by molar-refractivity contribution is 8.14. The number of rotatable bonds is 7. The Hall–Kier alpha value is -0.220. The van der Waals surface area contributed by atoms with Crippen molar-refractivity contribution in [3.63, 3.8) is 0 Å². The lowest BCUT2D eigenvalue weighted by molar-refractivity contribution is 0.174. The predicted molar refractivity (Wildman–Crippen MR) is 79.4 cm³/mol. The summed E-state index contributed by atoms with van der Waals surface area (Å²) in [6.45, 7) is 6.39. The van der Waals surface area contributed by atoms with E-state index in [1.807, 2.05) is 11.8 Å². The lowest BCUT2D eigenvalue weighted by atomic mass is 9.96. The fraction of sp³-hybridized carbons (Fsp3) is 0.929. The van der Waals surface area contributed by atoms with Crippen LogP contribution >= 0.6 is 11.8 Å². The van der Waals surface area contributed by atoms with E-state index in [-0.39, 0.29) is 0 Å². The molecule has 0 aromatic rings. The Labute approximate surface area is 115 Å². The molecule has 2 aliphatic rings. The monoisotopic (exact) mass is 270 g/mol. The zero-order valence-electron chi connectivity index (χ0n) is 11.9. The Morgan fingerprint density at radius 1 is 1.33 bits per heavy atom. The Bertz CT molecular complexity index is 309. The number of thioether (sulfide) groups is 1. The smallest absolute Gasteiger partial charge is 0.157 e. The van der Waals surface area contributed by atoms with E-state index in [0.29, 0.717) is 11.0 Å². The van der Waals surface area contributed by atoms with Gasteiger partial charge in [-0.1, -0.05) is 25.6 Å². The molecule has 1 aliphatic heterocycles. The predicted octanol–water partition coefficient (Wildman–Crippen LogP) is 3.05. The van der Waals surface area contributed by atoms with E-state index in [4.69, 9.17) is 9.73 Å². The average molecular weight is 270 g/mol. The molecule has 0 unspecified atom stereocenters. The van der Waals surface area contributed by atoms with Gasteiger partial charge in [-0.3, -0.25) is 4.99 Å². The van der Waals surface area contributed by atoms with Gasteiger partial charge in [0.2, 0.25) is 0 Å². The van der Waals surface area contributed by atoms with Crippen LogP contribution in [0.1, 0.15) is 46.0 Å². The second kappa shape index (κ2) is 5.83. The number of amidine groups is 1. The molecule has 104 valence electrons. The summed E-state index contributed by atoms with van der Waals surface area (Å²) in [5.41, 5.74) is 0.766. The second-order valence-electron chi connectivity index (χ2n) is 5.77. The molecule has 0 aromatic heterocycles. The first-order valence-corrected chi connectivity index (χ1v) is 8.10. The summed E-state index contributed by atoms with van der Waals surface area (Å²) in [4.78, 5) is 4.81. The summed E-state index contributed by atoms with van der Waals surface area (Å²) in [6.07, 6.45) is 6.18. The van der Waals surface area contributed by atoms with Crippen molar-refractivity contribution in [1.82, 2.24) is 5.32 Å². The van der Waals surface area contributed by atoms with Gasteiger partial charge in [-0.2, -0.15) is 0 Å². The molecule has 1 saturated carbocycles. The summed E-state index contributed by atoms with van der Waals surface area (Å²) in [5, 5.41) is 4.81. The number of nitrogens with zero attached hydrogens (tertiary/aromatic N) is 1. The van der Waals surface area contributed by atoms with Crippen molar-refractivity contribution >= 4 is 16.9 Å². The standard InChI is InChI=1S/C14H26N2OS/c1-4-14(5-2)11-18-12(16-14)15-10-13(6-7-13)8-9-17-3/h4-11H2,1-3H3,(H,15,16). The van der Waals surface area contributed by atoms with Crippen LogP contribution in [0.15, 0.2) is 4.99 Å². The van der Waals surface area contributed by atoms with E-state index in [0.717, 1.165) is 19.6 Å². The van der Waals surface area contributed by atoms with Crippen molar-refractivity contribution in [2.24, 2.45) is 10.4 Å². The van der Waals surface area contributed by atoms with E-state index < -0.39 is 0 Å². The highest BCUT2D eigenvalue weighted by Gasteiger charge is 2.42. The fourth-order valence-corrected chi connectivity index (χ4v) is 3.78. The zero-order chi connectivity index (χ0) is 13.1. The van der Waals surface area contributed by atoms with Crippen LogP contribution in [0.4, 0.5) is 0 Å². The van der Waals surface area contributed by atoms with Gasteiger partial charge in [-0.15, -0.1) is 0 Å². The van der Waals surface area contributed by atoms with Crippen molar-refractivity contribution < 1.29 is 4.74 Å². The fourth-order valence-electron chi connectivity index (χ4n) is 2.44. The number of hydrogen-bond acceptors (Lipinski definition) is 3. The summed E-state index contributed by atoms with van der Waals surface area (Å²) in [6, 6.07) is 0. The maximum absolute atomic E-state index is 5.19. The largest absolute Gasteiger partial charge is 0.385 e. The molecule has 0 spiro atoms. The first kappa shape index (κ1) is 14.2. The molecule has 1 N–H and O–H groups in total. The quantitative estimate of drug-likeness (QED) is 0.772. The molecule has 3 nitrogen and oxygen atoms in total. The van der Waals surface area contributed by atoms with E-state index in [2.05, 4.69) is 19.2 Å². The third kappa shape index (κ3) is 3.21. The van der Waals surface area contributed by atoms with Gasteiger partial charge in [0.1, 0.15) is 0 Å². The molecule has 0 atom stereocenters. The van der Waals surface area contributed by atoms with E-state index in [1.54, 1.807) is 7.11 Å². The zero-order valence-corrected chi connectivity index (χ0v) is 12.7. The van der Waals surface area contributed by atoms with Crippen LogP contribution in [0.3, 0.4) is 0 Å². The number of ether oxygens (including phenoxy) is 1. The number of methoxy groups -OCH3 is 1. The highest BCUT2D eigenvalue weighted by atomic mass is 32.2. The van der Waals surface area contributed by atoms with Crippen LogP contribution < -0.4 is 5.32 Å². The topological polar surface area (TPSA) is 33.6 Å². The maximum Gasteiger partial charge on any atom is 0.157 e. The number of aliphatic imine (C=N–C) groups is 1. The van der Waals surface area contributed by atoms with Gasteiger partial charge in [0.05, 0.1) is 0 Å². The van der Waals surface area contributed by atoms with Crippen LogP contribution in [0, 0.1) is 5.41 Å². The highest BCUT2D eigenvalue weighted by Crippen LogP contribution is 2.49. The first-order chi connectivity index (χ1) is 8.67. The molecular weight excluding hydrogens is 244 g/mol. The van der Waals surface area contributed by atoms with Gasteiger partial charge in [0, 0.05) is 31.6 Å². The Morgan fingerprint density at radius 2 is 2.06 bits per heavy atom. The van der Waals surface area contributed by atoms with E-state index in [1.165, 1.54) is 36.6 Å². The molecule has 18 heavy (non-hydrogen) atoms. The van der Waals surface area contributed by atoms with Gasteiger partial charge >= 0.3 is 0 Å². The number of nitrogens with one attached hydrogen (secondary N) is 1. The third-order valence-corrected chi connectivity index (χ3v) is 5.76. The Morgan fingerprint density at radius 3 is 2.56 bits per heavy atom. The molecule has 4 heteroatoms. The first-order valence-electron chi connectivity index (χ1n) is 7.12. The molecule has 1 aliphatic carbocycles. The summed E-state index contributed by atoms with van der Waals surface area (Å²) < 4.78 is 5.19. The van der Waals surface area contributed by atoms with Crippen molar-refractivity contribution in [2.45, 2.75) is 51.5 Å². The molecule has 2 fully saturated rings. The van der Waals surface area contributed by atoms with Crippen molar-refractivity contribution in [3.05, 3.63) is 0 Å². The van der Waals surface area contributed by atoms with Crippen molar-refractivity contribution in [3.8, 4) is 0 Å². The maximum atomic E-state index is 5.19. The molecule has 1 saturated heterocycles. The van der Waals surface area contributed by atoms with Crippen LogP contribution in [0.5, 0.6) is 0 Å². The van der Waals surface area contributed by atoms with Gasteiger partial charge in [-0.05, 0) is 37.5 Å². The summed E-state index contributed by atoms with van der Waals surface area (Å²) in [7, 11) is 1.78. The minimum absolute atomic E-state index is 0.298. The van der Waals surface area contributed by atoms with Crippen LogP contribution in [-0.2, 0) is 4.74 Å². The van der Waals surface area contributed by atoms with Gasteiger partial charge in [0.25, 0.3) is 0 Å². The van der Waals surface area contributed by atoms with Gasteiger partial charge in [0.15, 0.2) is 5.17 Å². The van der Waals surface area contributed by atoms with E-state index in [9.17, 15) is 0 Å². The molecule has 2 rings (SSSR count). The molecule has 0 amide bonds. The summed E-state index contributed by atoms with van der Waals surface area (Å²) >= 11 is 1.90. The lowest BCUT2D eigenvalue weighted by Crippen LogP contribution is -2.42. The van der Waals surface area contributed by atoms with Crippen LogP contribution in [-0.4, -0.2) is 36.7 Å². The van der Waals surface area contributed by atoms with Crippen LogP contribution in [0.2, 0.25) is 0 Å². The minimum atomic E-state index is 0.298. The number of hydrogen-bond donors (Lipinski definition) is 1. The third-order valence-electron chi connectivity index (χ3n) is 4.56. The van der Waals surface area contributed by atoms with E-state index >= 15 is 0 Å². The molecule has 0 radical (unpaired) electrons. The minimum Gasteiger partial charge on any atom is -0.385 e. The summed E-state index contributed by atoms with van der Waals surface area (Å²) in [5.74, 6) is 1.17. The van der Waals surface area contributed by atoms with Crippen LogP contribution in [0.25, 0.3) is 0 Å². The van der Waals surface area contributed by atoms with Crippen molar-refractivity contribution in [2.75, 3.05) is 26.0 Å². The Balaban J connectivity index is 1.84. The Kier molecular flexibility index (Phi) is 4.59. The van der Waals surface area contributed by atoms with Crippen molar-refractivity contribution in [1.29, 1.82) is 0 Å². The molecule has 0 bridgehead atoms. The van der Waals surface area contributed by atoms with Gasteiger partial charge in [-0.25, -0.2) is 0 Å². The molecule has 1 heterocycles. The van der Waals surface area contributed by atoms with Gasteiger partial charge < -0.3 is 10.1 Å².